The fourth-order valence-electron chi connectivity index (χ4n) is 2.11. The number of benzene rings is 1. The molecule has 0 atom stereocenters. The number of ether oxygens (including phenoxy) is 1. The Morgan fingerprint density at radius 1 is 1.44 bits per heavy atom. The Bertz CT molecular complexity index is 442. The number of nitrogen functional groups attached to an aromatic ring is 2. The molecule has 0 saturated heterocycles. The third-order valence-corrected chi connectivity index (χ3v) is 3.15. The van der Waals surface area contributed by atoms with Crippen LogP contribution in [-0.2, 0) is 4.74 Å². The summed E-state index contributed by atoms with van der Waals surface area (Å²) >= 11 is 0. The van der Waals surface area contributed by atoms with Gasteiger partial charge >= 0.3 is 0 Å². The van der Waals surface area contributed by atoms with Crippen molar-refractivity contribution in [2.45, 2.75) is 31.9 Å². The molecule has 5 nitrogen and oxygen atoms in total. The molecule has 0 radical (unpaired) electrons. The summed E-state index contributed by atoms with van der Waals surface area (Å²) in [5.74, 6) is -0.146. The summed E-state index contributed by atoms with van der Waals surface area (Å²) in [6, 6.07) is 5.11. The van der Waals surface area contributed by atoms with Crippen LogP contribution < -0.4 is 16.8 Å². The molecule has 0 unspecified atom stereocenters. The van der Waals surface area contributed by atoms with Crippen LogP contribution in [0.25, 0.3) is 0 Å². The normalized spacial score (nSPS) is 22.3. The fraction of sp³-hybridized carbons (Fsp3) is 0.462. The van der Waals surface area contributed by atoms with Crippen LogP contribution in [0.5, 0.6) is 0 Å². The van der Waals surface area contributed by atoms with Gasteiger partial charge in [0.05, 0.1) is 11.7 Å². The van der Waals surface area contributed by atoms with E-state index in [9.17, 15) is 4.79 Å². The van der Waals surface area contributed by atoms with Crippen molar-refractivity contribution < 1.29 is 9.53 Å². The molecule has 1 aromatic rings. The van der Waals surface area contributed by atoms with Crippen LogP contribution >= 0.6 is 0 Å². The zero-order valence-electron chi connectivity index (χ0n) is 10.5. The minimum atomic E-state index is -0.146. The van der Waals surface area contributed by atoms with Gasteiger partial charge < -0.3 is 21.5 Å². The maximum Gasteiger partial charge on any atom is 0.253 e. The second-order valence-electron chi connectivity index (χ2n) is 4.57. The number of amides is 1. The summed E-state index contributed by atoms with van der Waals surface area (Å²) in [6.07, 6.45) is 2.02. The van der Waals surface area contributed by atoms with Crippen molar-refractivity contribution in [2.75, 3.05) is 18.1 Å². The Morgan fingerprint density at radius 2 is 2.17 bits per heavy atom. The van der Waals surface area contributed by atoms with Crippen molar-refractivity contribution in [3.05, 3.63) is 23.8 Å². The van der Waals surface area contributed by atoms with Crippen molar-refractivity contribution in [1.29, 1.82) is 0 Å². The van der Waals surface area contributed by atoms with Crippen LogP contribution in [-0.4, -0.2) is 24.7 Å². The minimum absolute atomic E-state index is 0.146. The summed E-state index contributed by atoms with van der Waals surface area (Å²) < 4.78 is 5.44. The standard InChI is InChI=1S/C13H19N3O2/c1-2-18-10-6-9(7-10)16-13(17)11-4-3-8(14)5-12(11)15/h3-5,9-10H,2,6-7,14-15H2,1H3,(H,16,17). The molecule has 5 N–H and O–H groups in total. The zero-order chi connectivity index (χ0) is 13.1. The maximum absolute atomic E-state index is 12.0. The molecule has 1 fully saturated rings. The van der Waals surface area contributed by atoms with Gasteiger partial charge in [0.15, 0.2) is 0 Å². The minimum Gasteiger partial charge on any atom is -0.399 e. The van der Waals surface area contributed by atoms with Gasteiger partial charge in [0.1, 0.15) is 0 Å². The van der Waals surface area contributed by atoms with Crippen molar-refractivity contribution >= 4 is 17.3 Å². The summed E-state index contributed by atoms with van der Waals surface area (Å²) in [7, 11) is 0. The van der Waals surface area contributed by atoms with E-state index in [1.54, 1.807) is 18.2 Å². The van der Waals surface area contributed by atoms with E-state index in [1.807, 2.05) is 6.92 Å². The third kappa shape index (κ3) is 2.73. The lowest BCUT2D eigenvalue weighted by Crippen LogP contribution is -2.47. The molecule has 1 amide bonds. The Labute approximate surface area is 106 Å². The van der Waals surface area contributed by atoms with E-state index in [-0.39, 0.29) is 18.1 Å². The lowest BCUT2D eigenvalue weighted by Gasteiger charge is -2.35. The maximum atomic E-state index is 12.0. The molecule has 1 aliphatic rings. The molecule has 98 valence electrons. The molecule has 1 aliphatic carbocycles. The monoisotopic (exact) mass is 249 g/mol. The van der Waals surface area contributed by atoms with Crippen molar-refractivity contribution in [3.8, 4) is 0 Å². The molecule has 18 heavy (non-hydrogen) atoms. The quantitative estimate of drug-likeness (QED) is 0.698. The van der Waals surface area contributed by atoms with Gasteiger partial charge in [-0.05, 0) is 38.0 Å². The molecule has 0 bridgehead atoms. The van der Waals surface area contributed by atoms with Gasteiger partial charge in [-0.25, -0.2) is 0 Å². The molecule has 1 saturated carbocycles. The first-order valence-electron chi connectivity index (χ1n) is 6.17. The van der Waals surface area contributed by atoms with E-state index in [0.29, 0.717) is 16.9 Å². The number of hydrogen-bond donors (Lipinski definition) is 3. The van der Waals surface area contributed by atoms with Crippen molar-refractivity contribution in [3.63, 3.8) is 0 Å². The molecule has 2 rings (SSSR count). The smallest absolute Gasteiger partial charge is 0.253 e. The van der Waals surface area contributed by atoms with Gasteiger partial charge in [0, 0.05) is 24.0 Å². The number of hydrogen-bond acceptors (Lipinski definition) is 4. The summed E-state index contributed by atoms with van der Waals surface area (Å²) in [4.78, 5) is 12.0. The number of anilines is 2. The number of nitrogens with one attached hydrogen (secondary N) is 1. The first-order chi connectivity index (χ1) is 8.60. The molecule has 1 aromatic carbocycles. The molecule has 0 spiro atoms. The van der Waals surface area contributed by atoms with Gasteiger partial charge in [-0.3, -0.25) is 4.79 Å². The van der Waals surface area contributed by atoms with Gasteiger partial charge in [-0.1, -0.05) is 0 Å². The topological polar surface area (TPSA) is 90.4 Å². The predicted octanol–water partition coefficient (Wildman–Crippen LogP) is 1.15. The molecule has 0 aliphatic heterocycles. The SMILES string of the molecule is CCOC1CC(NC(=O)c2ccc(N)cc2N)C1. The molecule has 0 heterocycles. The average molecular weight is 249 g/mol. The molecular weight excluding hydrogens is 230 g/mol. The predicted molar refractivity (Wildman–Crippen MR) is 71.2 cm³/mol. The van der Waals surface area contributed by atoms with Crippen molar-refractivity contribution in [2.24, 2.45) is 0 Å². The zero-order valence-corrected chi connectivity index (χ0v) is 10.5. The summed E-state index contributed by atoms with van der Waals surface area (Å²) in [5, 5.41) is 2.94. The van der Waals surface area contributed by atoms with Crippen LogP contribution in [0.4, 0.5) is 11.4 Å². The van der Waals surface area contributed by atoms with E-state index in [4.69, 9.17) is 16.2 Å². The lowest BCUT2D eigenvalue weighted by atomic mass is 9.89. The van der Waals surface area contributed by atoms with Crippen LogP contribution in [0.15, 0.2) is 18.2 Å². The molecule has 5 heteroatoms. The Balaban J connectivity index is 1.89. The first-order valence-corrected chi connectivity index (χ1v) is 6.17. The van der Waals surface area contributed by atoms with Gasteiger partial charge in [0.2, 0.25) is 0 Å². The van der Waals surface area contributed by atoms with Crippen molar-refractivity contribution in [1.82, 2.24) is 5.32 Å². The van der Waals surface area contributed by atoms with Crippen LogP contribution in [0.2, 0.25) is 0 Å². The second-order valence-corrected chi connectivity index (χ2v) is 4.57. The highest BCUT2D eigenvalue weighted by molar-refractivity contribution is 5.99. The highest BCUT2D eigenvalue weighted by atomic mass is 16.5. The third-order valence-electron chi connectivity index (χ3n) is 3.15. The van der Waals surface area contributed by atoms with E-state index in [1.165, 1.54) is 0 Å². The van der Waals surface area contributed by atoms with Gasteiger partial charge in [-0.2, -0.15) is 0 Å². The molecular formula is C13H19N3O2. The van der Waals surface area contributed by atoms with Gasteiger partial charge in [0.25, 0.3) is 5.91 Å². The highest BCUT2D eigenvalue weighted by Crippen LogP contribution is 2.24. The fourth-order valence-corrected chi connectivity index (χ4v) is 2.11. The summed E-state index contributed by atoms with van der Waals surface area (Å²) in [5.41, 5.74) is 12.8. The number of carbonyl (C=O) groups excluding carboxylic acids is 1. The van der Waals surface area contributed by atoms with E-state index in [2.05, 4.69) is 5.32 Å². The largest absolute Gasteiger partial charge is 0.399 e. The van der Waals surface area contributed by atoms with E-state index in [0.717, 1.165) is 19.4 Å². The Morgan fingerprint density at radius 3 is 2.78 bits per heavy atom. The van der Waals surface area contributed by atoms with Gasteiger partial charge in [-0.15, -0.1) is 0 Å². The number of rotatable bonds is 4. The van der Waals surface area contributed by atoms with Crippen LogP contribution in [0.1, 0.15) is 30.1 Å². The molecule has 0 aromatic heterocycles. The Hall–Kier alpha value is -1.75. The Kier molecular flexibility index (Phi) is 3.72. The second kappa shape index (κ2) is 5.27. The van der Waals surface area contributed by atoms with Crippen LogP contribution in [0, 0.1) is 0 Å². The lowest BCUT2D eigenvalue weighted by molar-refractivity contribution is -0.00861. The average Bonchev–Trinajstić information content (AvgIpc) is 2.26. The number of nitrogens with two attached hydrogens (primary N) is 2. The first kappa shape index (κ1) is 12.7. The highest BCUT2D eigenvalue weighted by Gasteiger charge is 2.31. The van der Waals surface area contributed by atoms with E-state index < -0.39 is 0 Å². The number of carbonyl (C=O) groups is 1. The van der Waals surface area contributed by atoms with Crippen LogP contribution in [0.3, 0.4) is 0 Å². The van der Waals surface area contributed by atoms with E-state index >= 15 is 0 Å². The summed E-state index contributed by atoms with van der Waals surface area (Å²) in [6.45, 7) is 2.69.